The number of thioether (sulfide) groups is 1. The van der Waals surface area contributed by atoms with Gasteiger partial charge in [-0.25, -0.2) is 9.18 Å². The average Bonchev–Trinajstić information content (AvgIpc) is 2.72. The van der Waals surface area contributed by atoms with Crippen LogP contribution in [0, 0.1) is 34.4 Å². The molecule has 5 nitrogen and oxygen atoms in total. The zero-order valence-electron chi connectivity index (χ0n) is 17.5. The van der Waals surface area contributed by atoms with E-state index in [2.05, 4.69) is 5.32 Å². The van der Waals surface area contributed by atoms with E-state index in [4.69, 9.17) is 4.74 Å². The highest BCUT2D eigenvalue weighted by molar-refractivity contribution is 7.99. The molecule has 0 spiro atoms. The maximum absolute atomic E-state index is 13.6. The Morgan fingerprint density at radius 2 is 1.81 bits per heavy atom. The highest BCUT2D eigenvalue weighted by Crippen LogP contribution is 2.46. The second-order valence-corrected chi connectivity index (χ2v) is 9.16. The Morgan fingerprint density at radius 3 is 2.42 bits per heavy atom. The summed E-state index contributed by atoms with van der Waals surface area (Å²) in [7, 11) is 0. The minimum atomic E-state index is -0.700. The third-order valence-electron chi connectivity index (χ3n) is 4.76. The van der Waals surface area contributed by atoms with Crippen LogP contribution in [-0.4, -0.2) is 17.4 Å². The van der Waals surface area contributed by atoms with Gasteiger partial charge in [0.2, 0.25) is 0 Å². The molecule has 0 aliphatic carbocycles. The number of amides is 1. The summed E-state index contributed by atoms with van der Waals surface area (Å²) in [4.78, 5) is 13.6. The summed E-state index contributed by atoms with van der Waals surface area (Å²) in [6, 6.07) is 16.8. The van der Waals surface area contributed by atoms with Gasteiger partial charge in [-0.05, 0) is 55.7 Å². The molecule has 3 rings (SSSR count). The van der Waals surface area contributed by atoms with Gasteiger partial charge in [0, 0.05) is 16.6 Å². The first-order chi connectivity index (χ1) is 14.7. The quantitative estimate of drug-likeness (QED) is 0.633. The summed E-state index contributed by atoms with van der Waals surface area (Å²) in [6.45, 7) is 5.29. The number of nitrogens with one attached hydrogen (secondary N) is 1. The zero-order chi connectivity index (χ0) is 22.6. The van der Waals surface area contributed by atoms with Gasteiger partial charge in [0.1, 0.15) is 29.1 Å². The summed E-state index contributed by atoms with van der Waals surface area (Å²) in [5.41, 5.74) is 1.32. The molecular formula is C24H22FN3O2S. The van der Waals surface area contributed by atoms with Crippen LogP contribution in [0.1, 0.15) is 37.9 Å². The number of fused-ring (bicyclic) bond motifs is 1. The van der Waals surface area contributed by atoms with Gasteiger partial charge in [-0.3, -0.25) is 0 Å². The molecule has 0 aromatic heterocycles. The SMILES string of the molecule is CC(C)(C)OC(=O)N[C@@H](c1ccc(F)cc1)[C@@H]1CSc2ccccc2C1=C(C#N)C#N. The van der Waals surface area contributed by atoms with Gasteiger partial charge >= 0.3 is 6.09 Å². The maximum atomic E-state index is 13.6. The van der Waals surface area contributed by atoms with Crippen molar-refractivity contribution < 1.29 is 13.9 Å². The van der Waals surface area contributed by atoms with Crippen molar-refractivity contribution in [2.45, 2.75) is 37.3 Å². The number of halogens is 1. The normalized spacial score (nSPS) is 16.3. The van der Waals surface area contributed by atoms with Crippen molar-refractivity contribution in [3.63, 3.8) is 0 Å². The van der Waals surface area contributed by atoms with Crippen LogP contribution in [0.2, 0.25) is 0 Å². The molecule has 1 N–H and O–H groups in total. The second kappa shape index (κ2) is 9.24. The number of carbonyl (C=O) groups is 1. The van der Waals surface area contributed by atoms with Gasteiger partial charge < -0.3 is 10.1 Å². The largest absolute Gasteiger partial charge is 0.444 e. The van der Waals surface area contributed by atoms with Crippen LogP contribution in [0.25, 0.3) is 5.57 Å². The van der Waals surface area contributed by atoms with Crippen molar-refractivity contribution in [2.24, 2.45) is 5.92 Å². The van der Waals surface area contributed by atoms with Gasteiger partial charge in [0.25, 0.3) is 0 Å². The highest BCUT2D eigenvalue weighted by atomic mass is 32.2. The summed E-state index contributed by atoms with van der Waals surface area (Å²) in [5.74, 6) is -0.266. The van der Waals surface area contributed by atoms with Crippen LogP contribution in [0.4, 0.5) is 9.18 Å². The Labute approximate surface area is 185 Å². The molecule has 0 fully saturated rings. The van der Waals surface area contributed by atoms with Crippen LogP contribution < -0.4 is 5.32 Å². The zero-order valence-corrected chi connectivity index (χ0v) is 18.3. The first-order valence-corrected chi connectivity index (χ1v) is 10.7. The van der Waals surface area contributed by atoms with E-state index in [1.165, 1.54) is 12.1 Å². The molecule has 1 aliphatic heterocycles. The van der Waals surface area contributed by atoms with Crippen LogP contribution in [0.5, 0.6) is 0 Å². The Hall–Kier alpha value is -3.29. The second-order valence-electron chi connectivity index (χ2n) is 8.10. The lowest BCUT2D eigenvalue weighted by molar-refractivity contribution is 0.0495. The number of hydrogen-bond acceptors (Lipinski definition) is 5. The Morgan fingerprint density at radius 1 is 1.16 bits per heavy atom. The molecule has 31 heavy (non-hydrogen) atoms. The van der Waals surface area contributed by atoms with Crippen molar-refractivity contribution in [3.8, 4) is 12.1 Å². The fourth-order valence-electron chi connectivity index (χ4n) is 3.53. The molecule has 1 amide bonds. The van der Waals surface area contributed by atoms with Gasteiger partial charge in [0.05, 0.1) is 6.04 Å². The summed E-state index contributed by atoms with van der Waals surface area (Å²) in [5, 5.41) is 22.2. The molecule has 1 heterocycles. The molecule has 158 valence electrons. The topological polar surface area (TPSA) is 85.9 Å². The standard InChI is InChI=1S/C24H22FN3O2S/c1-24(2,3)30-23(29)28-22(15-8-10-17(25)11-9-15)19-14-31-20-7-5-4-6-18(20)21(19)16(12-26)13-27/h4-11,19,22H,14H2,1-3H3,(H,28,29)/t19-,22+/m1/s1. The lowest BCUT2D eigenvalue weighted by atomic mass is 9.82. The first-order valence-electron chi connectivity index (χ1n) is 9.75. The summed E-state index contributed by atoms with van der Waals surface area (Å²) in [6.07, 6.45) is -0.625. The van der Waals surface area contributed by atoms with E-state index in [9.17, 15) is 19.7 Å². The number of nitriles is 2. The number of hydrogen-bond donors (Lipinski definition) is 1. The smallest absolute Gasteiger partial charge is 0.408 e. The average molecular weight is 436 g/mol. The molecule has 2 atom stereocenters. The fraction of sp³-hybridized carbons (Fsp3) is 0.292. The predicted octanol–water partition coefficient (Wildman–Crippen LogP) is 5.61. The van der Waals surface area contributed by atoms with Gasteiger partial charge in [-0.1, -0.05) is 30.3 Å². The number of benzene rings is 2. The summed E-state index contributed by atoms with van der Waals surface area (Å²) < 4.78 is 19.0. The van der Waals surface area contributed by atoms with E-state index in [1.54, 1.807) is 44.7 Å². The van der Waals surface area contributed by atoms with E-state index < -0.39 is 29.5 Å². The Balaban J connectivity index is 2.12. The Bertz CT molecular complexity index is 1080. The molecule has 2 aromatic carbocycles. The van der Waals surface area contributed by atoms with E-state index in [0.717, 1.165) is 10.5 Å². The van der Waals surface area contributed by atoms with Crippen molar-refractivity contribution in [3.05, 3.63) is 71.0 Å². The van der Waals surface area contributed by atoms with E-state index in [0.29, 0.717) is 16.9 Å². The number of carbonyl (C=O) groups excluding carboxylic acids is 1. The Kier molecular flexibility index (Phi) is 6.68. The number of rotatable bonds is 3. The minimum Gasteiger partial charge on any atom is -0.444 e. The lowest BCUT2D eigenvalue weighted by Crippen LogP contribution is -2.39. The van der Waals surface area contributed by atoms with Crippen LogP contribution in [0.3, 0.4) is 0 Å². The van der Waals surface area contributed by atoms with Crippen LogP contribution in [-0.2, 0) is 4.74 Å². The monoisotopic (exact) mass is 435 g/mol. The van der Waals surface area contributed by atoms with Crippen molar-refractivity contribution in [2.75, 3.05) is 5.75 Å². The number of ether oxygens (including phenoxy) is 1. The predicted molar refractivity (Wildman–Crippen MR) is 117 cm³/mol. The lowest BCUT2D eigenvalue weighted by Gasteiger charge is -2.35. The molecule has 2 aromatic rings. The number of nitrogens with zero attached hydrogens (tertiary/aromatic N) is 2. The third-order valence-corrected chi connectivity index (χ3v) is 5.96. The third kappa shape index (κ3) is 5.25. The van der Waals surface area contributed by atoms with E-state index in [-0.39, 0.29) is 5.57 Å². The summed E-state index contributed by atoms with van der Waals surface area (Å²) >= 11 is 1.59. The maximum Gasteiger partial charge on any atom is 0.408 e. The molecule has 0 bridgehead atoms. The van der Waals surface area contributed by atoms with Crippen LogP contribution in [0.15, 0.2) is 59.0 Å². The highest BCUT2D eigenvalue weighted by Gasteiger charge is 2.36. The van der Waals surface area contributed by atoms with Crippen molar-refractivity contribution in [1.82, 2.24) is 5.32 Å². The first kappa shape index (κ1) is 22.4. The van der Waals surface area contributed by atoms with Crippen molar-refractivity contribution in [1.29, 1.82) is 10.5 Å². The molecule has 1 aliphatic rings. The van der Waals surface area contributed by atoms with Gasteiger partial charge in [-0.2, -0.15) is 10.5 Å². The fourth-order valence-corrected chi connectivity index (χ4v) is 4.75. The van der Waals surface area contributed by atoms with Crippen molar-refractivity contribution >= 4 is 23.4 Å². The molecule has 0 radical (unpaired) electrons. The van der Waals surface area contributed by atoms with Gasteiger partial charge in [0.15, 0.2) is 0 Å². The van der Waals surface area contributed by atoms with Crippen LogP contribution >= 0.6 is 11.8 Å². The molecule has 0 saturated carbocycles. The minimum absolute atomic E-state index is 0.00384. The van der Waals surface area contributed by atoms with E-state index in [1.807, 2.05) is 36.4 Å². The molecule has 0 unspecified atom stereocenters. The number of alkyl carbamates (subject to hydrolysis) is 1. The number of allylic oxidation sites excluding steroid dienone is 1. The molecule has 7 heteroatoms. The van der Waals surface area contributed by atoms with E-state index >= 15 is 0 Å². The molecule has 0 saturated heterocycles. The molecular weight excluding hydrogens is 413 g/mol. The van der Waals surface area contributed by atoms with Gasteiger partial charge in [-0.15, -0.1) is 11.8 Å².